The molecule has 1 aromatic heterocycles. The van der Waals surface area contributed by atoms with Crippen LogP contribution in [0.3, 0.4) is 0 Å². The summed E-state index contributed by atoms with van der Waals surface area (Å²) in [5, 5.41) is 0. The average molecular weight is 183 g/mol. The topological polar surface area (TPSA) is 31.4 Å². The molecule has 1 saturated heterocycles. The van der Waals surface area contributed by atoms with Gasteiger partial charge in [-0.2, -0.15) is 4.39 Å². The number of ether oxygens (including phenoxy) is 2. The van der Waals surface area contributed by atoms with Crippen molar-refractivity contribution < 1.29 is 13.9 Å². The zero-order valence-corrected chi connectivity index (χ0v) is 7.07. The third-order valence-electron chi connectivity index (χ3n) is 1.91. The Morgan fingerprint density at radius 3 is 3.23 bits per heavy atom. The molecule has 1 aliphatic heterocycles. The lowest BCUT2D eigenvalue weighted by molar-refractivity contribution is 0.137. The SMILES string of the molecule is Fc1ncccc1OC1CCOC1. The second kappa shape index (κ2) is 3.70. The van der Waals surface area contributed by atoms with Crippen molar-refractivity contribution in [2.75, 3.05) is 13.2 Å². The van der Waals surface area contributed by atoms with E-state index in [4.69, 9.17) is 9.47 Å². The molecule has 13 heavy (non-hydrogen) atoms. The third-order valence-corrected chi connectivity index (χ3v) is 1.91. The van der Waals surface area contributed by atoms with Crippen LogP contribution in [0.2, 0.25) is 0 Å². The Balaban J connectivity index is 2.04. The van der Waals surface area contributed by atoms with E-state index in [2.05, 4.69) is 4.98 Å². The molecule has 4 heteroatoms. The molecule has 0 aromatic carbocycles. The molecule has 70 valence electrons. The van der Waals surface area contributed by atoms with E-state index in [1.807, 2.05) is 0 Å². The van der Waals surface area contributed by atoms with Crippen LogP contribution in [-0.4, -0.2) is 24.3 Å². The Kier molecular flexibility index (Phi) is 2.40. The van der Waals surface area contributed by atoms with Crippen LogP contribution in [0.15, 0.2) is 18.3 Å². The molecule has 0 aliphatic carbocycles. The fraction of sp³-hybridized carbons (Fsp3) is 0.444. The third kappa shape index (κ3) is 1.95. The summed E-state index contributed by atoms with van der Waals surface area (Å²) in [7, 11) is 0. The number of halogens is 1. The van der Waals surface area contributed by atoms with Gasteiger partial charge < -0.3 is 9.47 Å². The molecule has 2 heterocycles. The summed E-state index contributed by atoms with van der Waals surface area (Å²) < 4.78 is 23.4. The van der Waals surface area contributed by atoms with Crippen LogP contribution in [0.4, 0.5) is 4.39 Å². The van der Waals surface area contributed by atoms with Crippen LogP contribution < -0.4 is 4.74 Å². The van der Waals surface area contributed by atoms with Crippen LogP contribution >= 0.6 is 0 Å². The van der Waals surface area contributed by atoms with Crippen molar-refractivity contribution in [2.45, 2.75) is 12.5 Å². The van der Waals surface area contributed by atoms with Crippen molar-refractivity contribution in [3.05, 3.63) is 24.3 Å². The highest BCUT2D eigenvalue weighted by Crippen LogP contribution is 2.18. The van der Waals surface area contributed by atoms with Gasteiger partial charge in [0.15, 0.2) is 5.75 Å². The first-order chi connectivity index (χ1) is 6.36. The number of nitrogens with zero attached hydrogens (tertiary/aromatic N) is 1. The standard InChI is InChI=1S/C9H10FNO2/c10-9-8(2-1-4-11-9)13-7-3-5-12-6-7/h1-2,4,7H,3,5-6H2. The molecular formula is C9H10FNO2. The molecule has 3 nitrogen and oxygen atoms in total. The largest absolute Gasteiger partial charge is 0.483 e. The van der Waals surface area contributed by atoms with Crippen molar-refractivity contribution in [1.82, 2.24) is 4.98 Å². The smallest absolute Gasteiger partial charge is 0.255 e. The van der Waals surface area contributed by atoms with Gasteiger partial charge in [-0.05, 0) is 12.1 Å². The van der Waals surface area contributed by atoms with E-state index >= 15 is 0 Å². The monoisotopic (exact) mass is 183 g/mol. The maximum Gasteiger partial charge on any atom is 0.255 e. The van der Waals surface area contributed by atoms with Gasteiger partial charge in [-0.1, -0.05) is 0 Å². The Hall–Kier alpha value is -1.16. The summed E-state index contributed by atoms with van der Waals surface area (Å²) in [5.41, 5.74) is 0. The fourth-order valence-corrected chi connectivity index (χ4v) is 1.24. The highest BCUT2D eigenvalue weighted by atomic mass is 19.1. The fourth-order valence-electron chi connectivity index (χ4n) is 1.24. The van der Waals surface area contributed by atoms with Gasteiger partial charge in [0.05, 0.1) is 13.2 Å². The van der Waals surface area contributed by atoms with Gasteiger partial charge in [0.2, 0.25) is 0 Å². The molecule has 1 fully saturated rings. The Morgan fingerprint density at radius 2 is 2.54 bits per heavy atom. The van der Waals surface area contributed by atoms with Crippen molar-refractivity contribution in [2.24, 2.45) is 0 Å². The molecule has 1 atom stereocenters. The summed E-state index contributed by atoms with van der Waals surface area (Å²) >= 11 is 0. The molecule has 0 radical (unpaired) electrons. The van der Waals surface area contributed by atoms with Crippen LogP contribution in [0, 0.1) is 5.95 Å². The first kappa shape index (κ1) is 8.44. The molecule has 0 N–H and O–H groups in total. The molecule has 0 amide bonds. The maximum atomic E-state index is 13.0. The van der Waals surface area contributed by atoms with Crippen molar-refractivity contribution in [3.8, 4) is 5.75 Å². The quantitative estimate of drug-likeness (QED) is 0.649. The zero-order chi connectivity index (χ0) is 9.10. The predicted molar refractivity (Wildman–Crippen MR) is 44.0 cm³/mol. The van der Waals surface area contributed by atoms with Crippen LogP contribution in [-0.2, 0) is 4.74 Å². The van der Waals surface area contributed by atoms with Gasteiger partial charge in [0.1, 0.15) is 6.10 Å². The van der Waals surface area contributed by atoms with E-state index in [1.54, 1.807) is 12.1 Å². The van der Waals surface area contributed by atoms with Gasteiger partial charge in [-0.15, -0.1) is 0 Å². The molecule has 1 aliphatic rings. The second-order valence-corrected chi connectivity index (χ2v) is 2.90. The minimum Gasteiger partial charge on any atom is -0.483 e. The molecule has 0 bridgehead atoms. The Bertz CT molecular complexity index is 287. The van der Waals surface area contributed by atoms with Crippen LogP contribution in [0.1, 0.15) is 6.42 Å². The number of rotatable bonds is 2. The molecule has 1 unspecified atom stereocenters. The highest BCUT2D eigenvalue weighted by Gasteiger charge is 2.18. The van der Waals surface area contributed by atoms with E-state index in [0.717, 1.165) is 6.42 Å². The minimum absolute atomic E-state index is 0.0290. The number of hydrogen-bond donors (Lipinski definition) is 0. The lowest BCUT2D eigenvalue weighted by Crippen LogP contribution is -2.16. The van der Waals surface area contributed by atoms with Gasteiger partial charge >= 0.3 is 0 Å². The summed E-state index contributed by atoms with van der Waals surface area (Å²) in [4.78, 5) is 3.49. The first-order valence-electron chi connectivity index (χ1n) is 4.21. The first-order valence-corrected chi connectivity index (χ1v) is 4.21. The van der Waals surface area contributed by atoms with Crippen LogP contribution in [0.5, 0.6) is 5.75 Å². The number of pyridine rings is 1. The number of aromatic nitrogens is 1. The molecular weight excluding hydrogens is 173 g/mol. The van der Waals surface area contributed by atoms with Crippen molar-refractivity contribution in [1.29, 1.82) is 0 Å². The average Bonchev–Trinajstić information content (AvgIpc) is 2.61. The lowest BCUT2D eigenvalue weighted by atomic mass is 10.3. The molecule has 1 aromatic rings. The highest BCUT2D eigenvalue weighted by molar-refractivity contribution is 5.18. The summed E-state index contributed by atoms with van der Waals surface area (Å²) in [6.45, 7) is 1.22. The van der Waals surface area contributed by atoms with Gasteiger partial charge in [-0.25, -0.2) is 4.98 Å². The summed E-state index contributed by atoms with van der Waals surface area (Å²) in [5.74, 6) is -0.354. The van der Waals surface area contributed by atoms with Gasteiger partial charge in [-0.3, -0.25) is 0 Å². The second-order valence-electron chi connectivity index (χ2n) is 2.90. The molecule has 0 spiro atoms. The zero-order valence-electron chi connectivity index (χ0n) is 7.07. The van der Waals surface area contributed by atoms with Gasteiger partial charge in [0, 0.05) is 12.6 Å². The predicted octanol–water partition coefficient (Wildman–Crippen LogP) is 1.39. The summed E-state index contributed by atoms with van der Waals surface area (Å²) in [6.07, 6.45) is 2.18. The Labute approximate surface area is 75.5 Å². The lowest BCUT2D eigenvalue weighted by Gasteiger charge is -2.10. The van der Waals surface area contributed by atoms with Crippen LogP contribution in [0.25, 0.3) is 0 Å². The van der Waals surface area contributed by atoms with E-state index in [9.17, 15) is 4.39 Å². The van der Waals surface area contributed by atoms with Gasteiger partial charge in [0.25, 0.3) is 5.95 Å². The number of hydrogen-bond acceptors (Lipinski definition) is 3. The van der Waals surface area contributed by atoms with E-state index < -0.39 is 5.95 Å². The van der Waals surface area contributed by atoms with E-state index in [1.165, 1.54) is 6.20 Å². The minimum atomic E-state index is -0.561. The Morgan fingerprint density at radius 1 is 1.62 bits per heavy atom. The van der Waals surface area contributed by atoms with Crippen molar-refractivity contribution >= 4 is 0 Å². The summed E-state index contributed by atoms with van der Waals surface area (Å²) in [6, 6.07) is 3.22. The van der Waals surface area contributed by atoms with Crippen molar-refractivity contribution in [3.63, 3.8) is 0 Å². The molecule has 0 saturated carbocycles. The normalized spacial score (nSPS) is 21.8. The maximum absolute atomic E-state index is 13.0. The van der Waals surface area contributed by atoms with E-state index in [0.29, 0.717) is 13.2 Å². The molecule has 2 rings (SSSR count). The van der Waals surface area contributed by atoms with E-state index in [-0.39, 0.29) is 11.9 Å².